The van der Waals surface area contributed by atoms with Gasteiger partial charge in [0.15, 0.2) is 0 Å². The maximum absolute atomic E-state index is 5.72. The van der Waals surface area contributed by atoms with Gasteiger partial charge >= 0.3 is 0 Å². The van der Waals surface area contributed by atoms with Crippen LogP contribution in [0.2, 0.25) is 0 Å². The Morgan fingerprint density at radius 3 is 2.61 bits per heavy atom. The molecule has 0 radical (unpaired) electrons. The Kier molecular flexibility index (Phi) is 3.53. The number of benzene rings is 1. The van der Waals surface area contributed by atoms with Gasteiger partial charge in [-0.25, -0.2) is 0 Å². The summed E-state index contributed by atoms with van der Waals surface area (Å²) in [4.78, 5) is 0. The lowest BCUT2D eigenvalue weighted by Crippen LogP contribution is -2.00. The molecule has 0 aliphatic rings. The first-order valence-electron chi connectivity index (χ1n) is 5.64. The van der Waals surface area contributed by atoms with Gasteiger partial charge in [-0.2, -0.15) is 5.10 Å². The fourth-order valence-electron chi connectivity index (χ4n) is 1.93. The molecule has 0 aliphatic carbocycles. The molecule has 96 valence electrons. The molecule has 1 aromatic heterocycles. The predicted molar refractivity (Wildman–Crippen MR) is 69.6 cm³/mol. The summed E-state index contributed by atoms with van der Waals surface area (Å²) in [6.07, 6.45) is 1.93. The number of rotatable bonds is 4. The summed E-state index contributed by atoms with van der Waals surface area (Å²) in [5, 5.41) is 4.33. The molecule has 1 aromatic carbocycles. The molecule has 0 spiro atoms. The molecule has 0 fully saturated rings. The number of methoxy groups -OCH3 is 2. The highest BCUT2D eigenvalue weighted by molar-refractivity contribution is 5.73. The number of hydrogen-bond donors (Lipinski definition) is 1. The quantitative estimate of drug-likeness (QED) is 0.890. The SMILES string of the molecule is COc1ccc(OC)c(-c2cn(C)nc2CN)c1. The molecule has 5 nitrogen and oxygen atoms in total. The number of nitrogens with zero attached hydrogens (tertiary/aromatic N) is 2. The third-order valence-electron chi connectivity index (χ3n) is 2.80. The topological polar surface area (TPSA) is 62.3 Å². The summed E-state index contributed by atoms with van der Waals surface area (Å²) in [7, 11) is 5.15. The molecule has 0 saturated carbocycles. The Labute approximate surface area is 106 Å². The number of hydrogen-bond acceptors (Lipinski definition) is 4. The summed E-state index contributed by atoms with van der Waals surface area (Å²) >= 11 is 0. The zero-order valence-electron chi connectivity index (χ0n) is 10.8. The van der Waals surface area contributed by atoms with Crippen LogP contribution >= 0.6 is 0 Å². The minimum atomic E-state index is 0.385. The molecule has 2 aromatic rings. The van der Waals surface area contributed by atoms with E-state index in [2.05, 4.69) is 5.10 Å². The van der Waals surface area contributed by atoms with E-state index in [0.717, 1.165) is 28.3 Å². The van der Waals surface area contributed by atoms with E-state index in [1.54, 1.807) is 18.9 Å². The van der Waals surface area contributed by atoms with E-state index in [0.29, 0.717) is 6.54 Å². The smallest absolute Gasteiger partial charge is 0.127 e. The van der Waals surface area contributed by atoms with E-state index >= 15 is 0 Å². The van der Waals surface area contributed by atoms with E-state index in [1.165, 1.54) is 0 Å². The Bertz CT molecular complexity index is 549. The van der Waals surface area contributed by atoms with Crippen LogP contribution in [-0.4, -0.2) is 24.0 Å². The highest BCUT2D eigenvalue weighted by Gasteiger charge is 2.14. The third-order valence-corrected chi connectivity index (χ3v) is 2.80. The molecule has 2 N–H and O–H groups in total. The van der Waals surface area contributed by atoms with Gasteiger partial charge in [-0.3, -0.25) is 4.68 Å². The number of aromatic nitrogens is 2. The molecule has 0 atom stereocenters. The van der Waals surface area contributed by atoms with E-state index in [4.69, 9.17) is 15.2 Å². The van der Waals surface area contributed by atoms with Crippen LogP contribution in [0.25, 0.3) is 11.1 Å². The first-order valence-corrected chi connectivity index (χ1v) is 5.64. The standard InChI is InChI=1S/C13H17N3O2/c1-16-8-11(12(7-14)15-16)10-6-9(17-2)4-5-13(10)18-3/h4-6,8H,7,14H2,1-3H3. The molecule has 0 unspecified atom stereocenters. The second kappa shape index (κ2) is 5.10. The Balaban J connectivity index is 2.60. The normalized spacial score (nSPS) is 10.4. The van der Waals surface area contributed by atoms with E-state index in [-0.39, 0.29) is 0 Å². The summed E-state index contributed by atoms with van der Waals surface area (Å²) in [5.41, 5.74) is 8.46. The zero-order chi connectivity index (χ0) is 13.1. The largest absolute Gasteiger partial charge is 0.497 e. The summed E-state index contributed by atoms with van der Waals surface area (Å²) < 4.78 is 12.4. The van der Waals surface area contributed by atoms with Gasteiger partial charge in [0.1, 0.15) is 11.5 Å². The number of aryl methyl sites for hydroxylation is 1. The van der Waals surface area contributed by atoms with Crippen molar-refractivity contribution in [1.82, 2.24) is 9.78 Å². The van der Waals surface area contributed by atoms with Crippen molar-refractivity contribution in [1.29, 1.82) is 0 Å². The van der Waals surface area contributed by atoms with Crippen LogP contribution in [0.15, 0.2) is 24.4 Å². The van der Waals surface area contributed by atoms with Gasteiger partial charge in [-0.05, 0) is 18.2 Å². The van der Waals surface area contributed by atoms with Crippen LogP contribution < -0.4 is 15.2 Å². The highest BCUT2D eigenvalue weighted by Crippen LogP contribution is 2.34. The van der Waals surface area contributed by atoms with Gasteiger partial charge in [-0.1, -0.05) is 0 Å². The predicted octanol–water partition coefficient (Wildman–Crippen LogP) is 1.56. The van der Waals surface area contributed by atoms with Crippen LogP contribution in [0.3, 0.4) is 0 Å². The second-order valence-electron chi connectivity index (χ2n) is 3.93. The number of ether oxygens (including phenoxy) is 2. The minimum absolute atomic E-state index is 0.385. The highest BCUT2D eigenvalue weighted by atomic mass is 16.5. The number of nitrogens with two attached hydrogens (primary N) is 1. The lowest BCUT2D eigenvalue weighted by atomic mass is 10.0. The summed E-state index contributed by atoms with van der Waals surface area (Å²) in [5.74, 6) is 1.55. The van der Waals surface area contributed by atoms with Crippen molar-refractivity contribution in [3.63, 3.8) is 0 Å². The molecule has 0 saturated heterocycles. The Morgan fingerprint density at radius 1 is 1.22 bits per heavy atom. The van der Waals surface area contributed by atoms with Gasteiger partial charge in [0, 0.05) is 30.9 Å². The lowest BCUT2D eigenvalue weighted by molar-refractivity contribution is 0.404. The lowest BCUT2D eigenvalue weighted by Gasteiger charge is -2.10. The van der Waals surface area contributed by atoms with Gasteiger partial charge in [0.25, 0.3) is 0 Å². The molecule has 0 amide bonds. The monoisotopic (exact) mass is 247 g/mol. The van der Waals surface area contributed by atoms with Crippen molar-refractivity contribution in [3.05, 3.63) is 30.1 Å². The first kappa shape index (κ1) is 12.4. The molecule has 5 heteroatoms. The fraction of sp³-hybridized carbons (Fsp3) is 0.308. The van der Waals surface area contributed by atoms with E-state index in [1.807, 2.05) is 31.4 Å². The summed E-state index contributed by atoms with van der Waals surface area (Å²) in [6.45, 7) is 0.385. The van der Waals surface area contributed by atoms with Crippen molar-refractivity contribution >= 4 is 0 Å². The van der Waals surface area contributed by atoms with Crippen molar-refractivity contribution in [2.75, 3.05) is 14.2 Å². The van der Waals surface area contributed by atoms with Gasteiger partial charge in [0.2, 0.25) is 0 Å². The molecular weight excluding hydrogens is 230 g/mol. The van der Waals surface area contributed by atoms with Crippen LogP contribution in [0, 0.1) is 0 Å². The summed E-state index contributed by atoms with van der Waals surface area (Å²) in [6, 6.07) is 5.66. The first-order chi connectivity index (χ1) is 8.69. The fourth-order valence-corrected chi connectivity index (χ4v) is 1.93. The van der Waals surface area contributed by atoms with Crippen LogP contribution in [0.4, 0.5) is 0 Å². The van der Waals surface area contributed by atoms with Crippen molar-refractivity contribution in [2.45, 2.75) is 6.54 Å². The van der Waals surface area contributed by atoms with Gasteiger partial charge in [-0.15, -0.1) is 0 Å². The van der Waals surface area contributed by atoms with Crippen LogP contribution in [-0.2, 0) is 13.6 Å². The molecule has 0 bridgehead atoms. The maximum Gasteiger partial charge on any atom is 0.127 e. The van der Waals surface area contributed by atoms with Crippen LogP contribution in [0.1, 0.15) is 5.69 Å². The van der Waals surface area contributed by atoms with Crippen molar-refractivity contribution < 1.29 is 9.47 Å². The molecule has 18 heavy (non-hydrogen) atoms. The van der Waals surface area contributed by atoms with Crippen LogP contribution in [0.5, 0.6) is 11.5 Å². The Hall–Kier alpha value is -2.01. The van der Waals surface area contributed by atoms with E-state index < -0.39 is 0 Å². The average molecular weight is 247 g/mol. The molecule has 0 aliphatic heterocycles. The maximum atomic E-state index is 5.72. The zero-order valence-corrected chi connectivity index (χ0v) is 10.8. The molecule has 2 rings (SSSR count). The Morgan fingerprint density at radius 2 is 2.00 bits per heavy atom. The van der Waals surface area contributed by atoms with E-state index in [9.17, 15) is 0 Å². The molecular formula is C13H17N3O2. The van der Waals surface area contributed by atoms with Gasteiger partial charge in [0.05, 0.1) is 19.9 Å². The minimum Gasteiger partial charge on any atom is -0.497 e. The molecule has 1 heterocycles. The van der Waals surface area contributed by atoms with Gasteiger partial charge < -0.3 is 15.2 Å². The second-order valence-corrected chi connectivity index (χ2v) is 3.93. The average Bonchev–Trinajstić information content (AvgIpc) is 2.79. The van der Waals surface area contributed by atoms with Crippen molar-refractivity contribution in [2.24, 2.45) is 12.8 Å². The third kappa shape index (κ3) is 2.17. The van der Waals surface area contributed by atoms with Crippen molar-refractivity contribution in [3.8, 4) is 22.6 Å².